The number of nitrogens with one attached hydrogen (secondary N) is 2. The van der Waals surface area contributed by atoms with Gasteiger partial charge >= 0.3 is 0 Å². The van der Waals surface area contributed by atoms with E-state index in [1.54, 1.807) is 25.3 Å². The van der Waals surface area contributed by atoms with Gasteiger partial charge in [-0.15, -0.1) is 0 Å². The topological polar surface area (TPSA) is 76.1 Å². The summed E-state index contributed by atoms with van der Waals surface area (Å²) in [5, 5.41) is 6.59. The van der Waals surface area contributed by atoms with Crippen molar-refractivity contribution < 1.29 is 9.53 Å². The van der Waals surface area contributed by atoms with Crippen LogP contribution in [0.5, 0.6) is 5.75 Å². The van der Waals surface area contributed by atoms with Crippen LogP contribution in [-0.4, -0.2) is 23.0 Å². The molecule has 0 bridgehead atoms. The maximum absolute atomic E-state index is 12.4. The van der Waals surface area contributed by atoms with E-state index < -0.39 is 5.91 Å². The first-order valence-electron chi connectivity index (χ1n) is 7.55. The van der Waals surface area contributed by atoms with Gasteiger partial charge in [-0.05, 0) is 48.5 Å². The summed E-state index contributed by atoms with van der Waals surface area (Å²) in [5.41, 5.74) is 1.45. The normalized spacial score (nSPS) is 10.3. The van der Waals surface area contributed by atoms with Crippen molar-refractivity contribution in [2.75, 3.05) is 17.7 Å². The van der Waals surface area contributed by atoms with Gasteiger partial charge < -0.3 is 15.4 Å². The predicted octanol–water partition coefficient (Wildman–Crippen LogP) is 4.79. The Bertz CT molecular complexity index is 912. The average molecular weight is 389 g/mol. The molecule has 6 nitrogen and oxygen atoms in total. The molecule has 0 atom stereocenters. The second-order valence-electron chi connectivity index (χ2n) is 5.23. The van der Waals surface area contributed by atoms with E-state index in [-0.39, 0.29) is 5.69 Å². The zero-order valence-corrected chi connectivity index (χ0v) is 15.2. The van der Waals surface area contributed by atoms with Crippen LogP contribution in [0.15, 0.2) is 54.7 Å². The number of ether oxygens (including phenoxy) is 1. The summed E-state index contributed by atoms with van der Waals surface area (Å²) >= 11 is 11.9. The van der Waals surface area contributed by atoms with E-state index in [4.69, 9.17) is 27.9 Å². The smallest absolute Gasteiger partial charge is 0.274 e. The second kappa shape index (κ2) is 8.03. The monoisotopic (exact) mass is 388 g/mol. The largest absolute Gasteiger partial charge is 0.497 e. The molecule has 0 fully saturated rings. The minimum atomic E-state index is -0.400. The molecule has 3 aromatic rings. The van der Waals surface area contributed by atoms with Crippen LogP contribution in [0.1, 0.15) is 10.5 Å². The molecule has 0 aliphatic heterocycles. The molecule has 0 aliphatic carbocycles. The molecule has 0 radical (unpaired) electrons. The van der Waals surface area contributed by atoms with E-state index >= 15 is 0 Å². The molecule has 0 saturated carbocycles. The van der Waals surface area contributed by atoms with Gasteiger partial charge in [-0.3, -0.25) is 4.79 Å². The van der Waals surface area contributed by atoms with E-state index in [9.17, 15) is 4.79 Å². The van der Waals surface area contributed by atoms with Crippen LogP contribution in [0.3, 0.4) is 0 Å². The Hall–Kier alpha value is -2.83. The first-order valence-corrected chi connectivity index (χ1v) is 8.30. The lowest BCUT2D eigenvalue weighted by molar-refractivity contribution is 0.102. The number of hydrogen-bond acceptors (Lipinski definition) is 5. The van der Waals surface area contributed by atoms with Crippen molar-refractivity contribution in [3.63, 3.8) is 0 Å². The van der Waals surface area contributed by atoms with Gasteiger partial charge in [-0.1, -0.05) is 23.2 Å². The number of rotatable bonds is 5. The molecule has 8 heteroatoms. The summed E-state index contributed by atoms with van der Waals surface area (Å²) in [6.45, 7) is 0. The lowest BCUT2D eigenvalue weighted by Gasteiger charge is -2.08. The predicted molar refractivity (Wildman–Crippen MR) is 103 cm³/mol. The Balaban J connectivity index is 1.74. The zero-order valence-electron chi connectivity index (χ0n) is 13.7. The van der Waals surface area contributed by atoms with Gasteiger partial charge in [0.05, 0.1) is 7.11 Å². The van der Waals surface area contributed by atoms with Crippen LogP contribution in [0.4, 0.5) is 17.3 Å². The molecule has 132 valence electrons. The van der Waals surface area contributed by atoms with Crippen molar-refractivity contribution in [3.8, 4) is 5.75 Å². The molecular weight excluding hydrogens is 375 g/mol. The highest BCUT2D eigenvalue weighted by Crippen LogP contribution is 2.23. The van der Waals surface area contributed by atoms with Crippen LogP contribution < -0.4 is 15.4 Å². The van der Waals surface area contributed by atoms with Crippen molar-refractivity contribution >= 4 is 46.4 Å². The number of nitrogens with zero attached hydrogens (tertiary/aromatic N) is 2. The lowest BCUT2D eigenvalue weighted by atomic mass is 10.3. The minimum Gasteiger partial charge on any atom is -0.497 e. The number of methoxy groups -OCH3 is 1. The molecule has 0 spiro atoms. The Morgan fingerprint density at radius 1 is 1.00 bits per heavy atom. The third-order valence-electron chi connectivity index (χ3n) is 3.35. The van der Waals surface area contributed by atoms with Crippen LogP contribution in [-0.2, 0) is 0 Å². The molecule has 1 heterocycles. The van der Waals surface area contributed by atoms with Crippen molar-refractivity contribution in [1.29, 1.82) is 0 Å². The molecule has 2 aromatic carbocycles. The van der Waals surface area contributed by atoms with Gasteiger partial charge in [0.25, 0.3) is 5.91 Å². The van der Waals surface area contributed by atoms with Crippen molar-refractivity contribution in [2.24, 2.45) is 0 Å². The maximum atomic E-state index is 12.4. The van der Waals surface area contributed by atoms with Gasteiger partial charge in [0.1, 0.15) is 11.4 Å². The number of carbonyl (C=O) groups is 1. The Labute approximate surface area is 160 Å². The summed E-state index contributed by atoms with van der Waals surface area (Å²) in [6.07, 6.45) is 1.50. The maximum Gasteiger partial charge on any atom is 0.274 e. The molecule has 0 aliphatic rings. The van der Waals surface area contributed by atoms with Crippen LogP contribution >= 0.6 is 23.2 Å². The summed E-state index contributed by atoms with van der Waals surface area (Å²) < 4.78 is 5.11. The Morgan fingerprint density at radius 2 is 1.69 bits per heavy atom. The fourth-order valence-electron chi connectivity index (χ4n) is 2.17. The Kier molecular flexibility index (Phi) is 5.55. The van der Waals surface area contributed by atoms with Gasteiger partial charge in [-0.25, -0.2) is 9.97 Å². The van der Waals surface area contributed by atoms with E-state index in [1.807, 2.05) is 24.3 Å². The van der Waals surface area contributed by atoms with E-state index in [0.717, 1.165) is 11.4 Å². The second-order valence-corrected chi connectivity index (χ2v) is 6.10. The van der Waals surface area contributed by atoms with Gasteiger partial charge in [0.15, 0.2) is 0 Å². The zero-order chi connectivity index (χ0) is 18.5. The number of carbonyl (C=O) groups excluding carboxylic acids is 1. The van der Waals surface area contributed by atoms with E-state index in [2.05, 4.69) is 20.6 Å². The molecule has 0 saturated heterocycles. The van der Waals surface area contributed by atoms with Crippen LogP contribution in [0, 0.1) is 0 Å². The van der Waals surface area contributed by atoms with Gasteiger partial charge in [0.2, 0.25) is 5.95 Å². The number of anilines is 3. The Morgan fingerprint density at radius 3 is 2.35 bits per heavy atom. The molecule has 26 heavy (non-hydrogen) atoms. The SMILES string of the molecule is COc1ccc(Nc2nccc(C(=O)Nc3cc(Cl)cc(Cl)c3)n2)cc1. The third-order valence-corrected chi connectivity index (χ3v) is 3.79. The highest BCUT2D eigenvalue weighted by molar-refractivity contribution is 6.35. The van der Waals surface area contributed by atoms with Crippen molar-refractivity contribution in [3.05, 3.63) is 70.5 Å². The lowest BCUT2D eigenvalue weighted by Crippen LogP contribution is -2.14. The number of halogens is 2. The fraction of sp³-hybridized carbons (Fsp3) is 0.0556. The van der Waals surface area contributed by atoms with E-state index in [0.29, 0.717) is 21.7 Å². The molecular formula is C18H14Cl2N4O2. The third kappa shape index (κ3) is 4.62. The van der Waals surface area contributed by atoms with Gasteiger partial charge in [0, 0.05) is 27.6 Å². The summed E-state index contributed by atoms with van der Waals surface area (Å²) in [6, 6.07) is 13.6. The van der Waals surface area contributed by atoms with Crippen LogP contribution in [0.25, 0.3) is 0 Å². The number of hydrogen-bond donors (Lipinski definition) is 2. The summed E-state index contributed by atoms with van der Waals surface area (Å²) in [7, 11) is 1.60. The first-order chi connectivity index (χ1) is 12.5. The van der Waals surface area contributed by atoms with Crippen LogP contribution in [0.2, 0.25) is 10.0 Å². The summed E-state index contributed by atoms with van der Waals surface area (Å²) in [4.78, 5) is 20.7. The molecule has 2 N–H and O–H groups in total. The first kappa shape index (κ1) is 18.0. The standard InChI is InChI=1S/C18H14Cl2N4O2/c1-26-15-4-2-13(3-5-15)23-18-21-7-6-16(24-18)17(25)22-14-9-11(19)8-12(20)10-14/h2-10H,1H3,(H,22,25)(H,21,23,24). The highest BCUT2D eigenvalue weighted by atomic mass is 35.5. The summed E-state index contributed by atoms with van der Waals surface area (Å²) in [5.74, 6) is 0.639. The van der Waals surface area contributed by atoms with Crippen molar-refractivity contribution in [1.82, 2.24) is 9.97 Å². The molecule has 3 rings (SSSR count). The van der Waals surface area contributed by atoms with Crippen molar-refractivity contribution in [2.45, 2.75) is 0 Å². The highest BCUT2D eigenvalue weighted by Gasteiger charge is 2.10. The number of aromatic nitrogens is 2. The quantitative estimate of drug-likeness (QED) is 0.656. The average Bonchev–Trinajstić information content (AvgIpc) is 2.62. The number of amides is 1. The number of benzene rings is 2. The fourth-order valence-corrected chi connectivity index (χ4v) is 2.70. The van der Waals surface area contributed by atoms with E-state index in [1.165, 1.54) is 12.3 Å². The van der Waals surface area contributed by atoms with Gasteiger partial charge in [-0.2, -0.15) is 0 Å². The molecule has 1 aromatic heterocycles. The minimum absolute atomic E-state index is 0.201. The molecule has 0 unspecified atom stereocenters. The molecule has 1 amide bonds.